The summed E-state index contributed by atoms with van der Waals surface area (Å²) >= 11 is 1.37. The van der Waals surface area contributed by atoms with E-state index in [9.17, 15) is 14.4 Å². The zero-order valence-electron chi connectivity index (χ0n) is 25.1. The second kappa shape index (κ2) is 14.7. The fourth-order valence-corrected chi connectivity index (χ4v) is 5.96. The fourth-order valence-electron chi connectivity index (χ4n) is 5.03. The molecule has 0 aromatic heterocycles. The van der Waals surface area contributed by atoms with Gasteiger partial charge in [-0.2, -0.15) is 5.01 Å². The molecule has 4 rings (SSSR count). The highest BCUT2D eigenvalue weighted by atomic mass is 32.2. The van der Waals surface area contributed by atoms with Crippen molar-refractivity contribution < 1.29 is 19.1 Å². The Hall–Kier alpha value is -3.37. The van der Waals surface area contributed by atoms with E-state index in [4.69, 9.17) is 4.74 Å². The topological polar surface area (TPSA) is 103 Å². The molecule has 2 aliphatic rings. The Morgan fingerprint density at radius 2 is 1.67 bits per heavy atom. The molecule has 3 amide bonds. The van der Waals surface area contributed by atoms with Crippen molar-refractivity contribution >= 4 is 34.7 Å². The molecule has 1 aliphatic heterocycles. The summed E-state index contributed by atoms with van der Waals surface area (Å²) in [5.41, 5.74) is 1.65. The van der Waals surface area contributed by atoms with E-state index in [1.807, 2.05) is 61.5 Å². The van der Waals surface area contributed by atoms with Crippen molar-refractivity contribution in [3.05, 3.63) is 60.2 Å². The molecule has 10 heteroatoms. The van der Waals surface area contributed by atoms with Gasteiger partial charge in [-0.15, -0.1) is 5.10 Å². The first kappa shape index (κ1) is 31.6. The summed E-state index contributed by atoms with van der Waals surface area (Å²) in [5.74, 6) is 0.598. The van der Waals surface area contributed by atoms with Crippen LogP contribution in [0, 0.1) is 5.92 Å². The van der Waals surface area contributed by atoms with Crippen LogP contribution in [-0.2, 0) is 9.53 Å². The highest BCUT2D eigenvalue weighted by Gasteiger charge is 2.42. The number of nitrogens with zero attached hydrogens (tertiary/aromatic N) is 3. The molecule has 0 saturated heterocycles. The summed E-state index contributed by atoms with van der Waals surface area (Å²) in [4.78, 5) is 42.3. The monoisotopic (exact) mass is 593 g/mol. The third kappa shape index (κ3) is 8.58. The second-order valence-corrected chi connectivity index (χ2v) is 12.7. The average Bonchev–Trinajstić information content (AvgIpc) is 3.41. The number of ether oxygens (including phenoxy) is 1. The van der Waals surface area contributed by atoms with E-state index < -0.39 is 17.9 Å². The Balaban J connectivity index is 1.49. The van der Waals surface area contributed by atoms with Crippen LogP contribution in [0.2, 0.25) is 0 Å². The lowest BCUT2D eigenvalue weighted by Crippen LogP contribution is -2.64. The second-order valence-electron chi connectivity index (χ2n) is 11.7. The number of nitrogens with one attached hydrogen (secondary N) is 2. The van der Waals surface area contributed by atoms with Gasteiger partial charge in [0, 0.05) is 24.3 Å². The quantitative estimate of drug-likeness (QED) is 0.325. The van der Waals surface area contributed by atoms with Crippen LogP contribution in [0.5, 0.6) is 0 Å². The molecule has 9 nitrogen and oxygen atoms in total. The summed E-state index contributed by atoms with van der Waals surface area (Å²) in [5, 5.41) is 12.0. The first-order valence-electron chi connectivity index (χ1n) is 14.8. The first-order valence-corrected chi connectivity index (χ1v) is 15.8. The fraction of sp³-hybridized carbons (Fsp3) is 0.500. The normalized spacial score (nSPS) is 18.0. The van der Waals surface area contributed by atoms with Gasteiger partial charge in [0.25, 0.3) is 17.4 Å². The van der Waals surface area contributed by atoms with Crippen molar-refractivity contribution in [3.8, 4) is 11.1 Å². The van der Waals surface area contributed by atoms with E-state index >= 15 is 0 Å². The first-order chi connectivity index (χ1) is 20.2. The maximum absolute atomic E-state index is 13.7. The standard InChI is InChI=1S/C32H43N5O4S/c1-23(2)13-18-27(38)29-37(35-31(41-29)42-22-21-36(3)4)30(40)34-32(19-9-6-10-20-32)33-28(39)26-16-14-25(15-17-26)24-11-7-5-8-12-24/h5,7-8,11-12,14-17,23,29H,6,9-10,13,18-22H2,1-4H3,(H,33,39)(H,34,40). The molecule has 1 fully saturated rings. The molecule has 2 aromatic carbocycles. The number of Topliss-reactive ketones (excluding diaryl/α,β-unsaturated/α-hetero) is 1. The summed E-state index contributed by atoms with van der Waals surface area (Å²) in [6.45, 7) is 4.90. The van der Waals surface area contributed by atoms with Crippen LogP contribution >= 0.6 is 11.8 Å². The summed E-state index contributed by atoms with van der Waals surface area (Å²) in [6.07, 6.45) is 3.77. The Kier molecular flexibility index (Phi) is 11.0. The lowest BCUT2D eigenvalue weighted by Gasteiger charge is -2.39. The molecule has 226 valence electrons. The van der Waals surface area contributed by atoms with Crippen molar-refractivity contribution in [1.29, 1.82) is 0 Å². The van der Waals surface area contributed by atoms with Gasteiger partial charge in [-0.1, -0.05) is 74.5 Å². The number of hydrogen-bond acceptors (Lipinski definition) is 7. The predicted octanol–water partition coefficient (Wildman–Crippen LogP) is 5.68. The Morgan fingerprint density at radius 3 is 2.31 bits per heavy atom. The van der Waals surface area contributed by atoms with Crippen LogP contribution in [0.3, 0.4) is 0 Å². The number of carbonyl (C=O) groups excluding carboxylic acids is 3. The van der Waals surface area contributed by atoms with Crippen molar-refractivity contribution in [3.63, 3.8) is 0 Å². The van der Waals surface area contributed by atoms with Crippen molar-refractivity contribution in [1.82, 2.24) is 20.5 Å². The van der Waals surface area contributed by atoms with E-state index in [-0.39, 0.29) is 18.1 Å². The van der Waals surface area contributed by atoms with Crippen molar-refractivity contribution in [2.45, 2.75) is 70.7 Å². The van der Waals surface area contributed by atoms with Crippen molar-refractivity contribution in [2.75, 3.05) is 26.4 Å². The van der Waals surface area contributed by atoms with Crippen LogP contribution in [0.15, 0.2) is 59.7 Å². The maximum atomic E-state index is 13.7. The molecule has 42 heavy (non-hydrogen) atoms. The highest BCUT2D eigenvalue weighted by molar-refractivity contribution is 8.13. The average molecular weight is 594 g/mol. The number of thioether (sulfide) groups is 1. The van der Waals surface area contributed by atoms with Gasteiger partial charge in [0.15, 0.2) is 5.78 Å². The molecule has 1 unspecified atom stereocenters. The number of hydrogen-bond donors (Lipinski definition) is 2. The molecule has 1 heterocycles. The molecule has 1 saturated carbocycles. The number of ketones is 1. The van der Waals surface area contributed by atoms with Crippen LogP contribution in [0.4, 0.5) is 4.79 Å². The predicted molar refractivity (Wildman–Crippen MR) is 168 cm³/mol. The molecule has 0 spiro atoms. The highest BCUT2D eigenvalue weighted by Crippen LogP contribution is 2.29. The number of urea groups is 1. The van der Waals surface area contributed by atoms with Crippen LogP contribution in [-0.4, -0.2) is 71.1 Å². The third-order valence-electron chi connectivity index (χ3n) is 7.50. The smallest absolute Gasteiger partial charge is 0.343 e. The number of rotatable bonds is 11. The summed E-state index contributed by atoms with van der Waals surface area (Å²) in [6, 6.07) is 16.9. The lowest BCUT2D eigenvalue weighted by atomic mass is 9.88. The van der Waals surface area contributed by atoms with E-state index in [1.165, 1.54) is 11.8 Å². The molecule has 1 atom stereocenters. The Labute approximate surface area is 253 Å². The Morgan fingerprint density at radius 1 is 1.00 bits per heavy atom. The van der Waals surface area contributed by atoms with E-state index in [1.54, 1.807) is 12.1 Å². The van der Waals surface area contributed by atoms with Gasteiger partial charge >= 0.3 is 6.03 Å². The molecule has 2 aromatic rings. The zero-order valence-corrected chi connectivity index (χ0v) is 25.9. The van der Waals surface area contributed by atoms with Gasteiger partial charge in [0.2, 0.25) is 0 Å². The number of amides is 3. The molecule has 1 aliphatic carbocycles. The van der Waals surface area contributed by atoms with Crippen LogP contribution < -0.4 is 10.6 Å². The van der Waals surface area contributed by atoms with Gasteiger partial charge in [-0.25, -0.2) is 4.79 Å². The lowest BCUT2D eigenvalue weighted by molar-refractivity contribution is -0.131. The number of carbonyl (C=O) groups is 3. The number of hydrazone groups is 1. The molecular formula is C32H43N5O4S. The van der Waals surface area contributed by atoms with Crippen LogP contribution in [0.1, 0.15) is 69.2 Å². The van der Waals surface area contributed by atoms with E-state index in [0.29, 0.717) is 41.7 Å². The minimum absolute atomic E-state index is 0.189. The minimum Gasteiger partial charge on any atom is -0.438 e. The van der Waals surface area contributed by atoms with Gasteiger partial charge < -0.3 is 20.3 Å². The maximum Gasteiger partial charge on any atom is 0.343 e. The van der Waals surface area contributed by atoms with E-state index in [0.717, 1.165) is 41.9 Å². The third-order valence-corrected chi connectivity index (χ3v) is 8.31. The largest absolute Gasteiger partial charge is 0.438 e. The Bertz CT molecular complexity index is 1240. The van der Waals surface area contributed by atoms with Gasteiger partial charge in [0.1, 0.15) is 5.66 Å². The van der Waals surface area contributed by atoms with Gasteiger partial charge in [0.05, 0.1) is 0 Å². The zero-order chi connectivity index (χ0) is 30.1. The summed E-state index contributed by atoms with van der Waals surface area (Å²) in [7, 11) is 3.96. The molecule has 0 radical (unpaired) electrons. The van der Waals surface area contributed by atoms with Gasteiger partial charge in [-0.3, -0.25) is 9.59 Å². The number of benzene rings is 2. The van der Waals surface area contributed by atoms with E-state index in [2.05, 4.69) is 29.6 Å². The molecule has 0 bridgehead atoms. The minimum atomic E-state index is -1.12. The molecule has 2 N–H and O–H groups in total. The van der Waals surface area contributed by atoms with Gasteiger partial charge in [-0.05, 0) is 75.4 Å². The SMILES string of the molecule is CC(C)CCC(=O)C1OC(SCCN(C)C)=NN1C(=O)NC1(NC(=O)c2ccc(-c3ccccc3)cc2)CCCCC1. The molecular weight excluding hydrogens is 550 g/mol. The van der Waals surface area contributed by atoms with Crippen molar-refractivity contribution in [2.24, 2.45) is 11.0 Å². The van der Waals surface area contributed by atoms with Crippen LogP contribution in [0.25, 0.3) is 11.1 Å². The summed E-state index contributed by atoms with van der Waals surface area (Å²) < 4.78 is 5.91.